The Labute approximate surface area is 110 Å². The molecule has 0 amide bonds. The van der Waals surface area contributed by atoms with E-state index in [1.807, 2.05) is 6.92 Å². The van der Waals surface area contributed by atoms with E-state index in [9.17, 15) is 13.2 Å². The highest BCUT2D eigenvalue weighted by Gasteiger charge is 2.37. The minimum Gasteiger partial charge on any atom is -0.476 e. The normalized spacial score (nSPS) is 17.3. The molecule has 1 aliphatic rings. The second-order valence-corrected chi connectivity index (χ2v) is 6.01. The molecular weight excluding hydrogens is 274 g/mol. The maximum absolute atomic E-state index is 11.7. The van der Waals surface area contributed by atoms with Gasteiger partial charge in [0.1, 0.15) is 0 Å². The monoisotopic (exact) mass is 289 g/mol. The van der Waals surface area contributed by atoms with Gasteiger partial charge in [-0.1, -0.05) is 12.1 Å². The van der Waals surface area contributed by atoms with Crippen LogP contribution in [-0.2, 0) is 10.2 Å². The Morgan fingerprint density at radius 3 is 2.79 bits per heavy atom. The highest BCUT2D eigenvalue weighted by molar-refractivity contribution is 7.87. The zero-order valence-electron chi connectivity index (χ0n) is 10.4. The highest BCUT2D eigenvalue weighted by Crippen LogP contribution is 2.22. The van der Waals surface area contributed by atoms with E-state index in [2.05, 4.69) is 15.0 Å². The predicted octanol–water partition coefficient (Wildman–Crippen LogP) is -0.923. The van der Waals surface area contributed by atoms with Crippen molar-refractivity contribution in [3.8, 4) is 0 Å². The van der Waals surface area contributed by atoms with Crippen LogP contribution in [0.4, 0.5) is 0 Å². The van der Waals surface area contributed by atoms with E-state index in [0.29, 0.717) is 6.54 Å². The van der Waals surface area contributed by atoms with Gasteiger partial charge in [0.25, 0.3) is 10.2 Å². The number of hydrogen-bond donors (Lipinski definition) is 2. The maximum Gasteiger partial charge on any atom is 0.358 e. The standard InChI is InChI=1S/C9H15N5O4S/c1-2-3-10-19(17,18)13-4-7(5-13)14-6-8(9(15)16)11-12-14/h6-7,10H,2-5H2,1H3,(H,15,16). The van der Waals surface area contributed by atoms with Crippen LogP contribution in [0.2, 0.25) is 0 Å². The number of carbonyl (C=O) groups is 1. The third-order valence-electron chi connectivity index (χ3n) is 2.81. The van der Waals surface area contributed by atoms with Crippen LogP contribution in [0.3, 0.4) is 0 Å². The molecule has 1 saturated heterocycles. The lowest BCUT2D eigenvalue weighted by Crippen LogP contribution is -2.54. The number of aromatic nitrogens is 3. The summed E-state index contributed by atoms with van der Waals surface area (Å²) in [7, 11) is -3.43. The van der Waals surface area contributed by atoms with E-state index in [1.54, 1.807) is 0 Å². The number of rotatable bonds is 6. The van der Waals surface area contributed by atoms with E-state index < -0.39 is 16.2 Å². The van der Waals surface area contributed by atoms with E-state index >= 15 is 0 Å². The van der Waals surface area contributed by atoms with E-state index in [4.69, 9.17) is 5.11 Å². The molecule has 9 nitrogen and oxygen atoms in total. The second-order valence-electron chi connectivity index (χ2n) is 4.26. The van der Waals surface area contributed by atoms with Crippen LogP contribution >= 0.6 is 0 Å². The van der Waals surface area contributed by atoms with Gasteiger partial charge in [0.05, 0.1) is 12.2 Å². The Bertz CT molecular complexity index is 563. The van der Waals surface area contributed by atoms with Crippen molar-refractivity contribution in [3.63, 3.8) is 0 Å². The smallest absolute Gasteiger partial charge is 0.358 e. The van der Waals surface area contributed by atoms with Gasteiger partial charge in [-0.05, 0) is 6.42 Å². The van der Waals surface area contributed by atoms with Gasteiger partial charge in [-0.3, -0.25) is 0 Å². The van der Waals surface area contributed by atoms with Gasteiger partial charge in [-0.25, -0.2) is 14.2 Å². The van der Waals surface area contributed by atoms with Crippen molar-refractivity contribution in [2.24, 2.45) is 0 Å². The lowest BCUT2D eigenvalue weighted by Gasteiger charge is -2.37. The van der Waals surface area contributed by atoms with Gasteiger partial charge >= 0.3 is 5.97 Å². The van der Waals surface area contributed by atoms with Crippen molar-refractivity contribution in [1.82, 2.24) is 24.0 Å². The Morgan fingerprint density at radius 1 is 1.58 bits per heavy atom. The molecule has 2 N–H and O–H groups in total. The van der Waals surface area contributed by atoms with Gasteiger partial charge in [-0.2, -0.15) is 12.7 Å². The summed E-state index contributed by atoms with van der Waals surface area (Å²) in [6.07, 6.45) is 2.03. The van der Waals surface area contributed by atoms with Crippen LogP contribution in [0.25, 0.3) is 0 Å². The summed E-state index contributed by atoms with van der Waals surface area (Å²) in [6.45, 7) is 2.81. The Hall–Kier alpha value is -1.52. The van der Waals surface area contributed by atoms with Crippen molar-refractivity contribution >= 4 is 16.2 Å². The summed E-state index contributed by atoms with van der Waals surface area (Å²) in [5.74, 6) is -1.15. The minimum absolute atomic E-state index is 0.148. The van der Waals surface area contributed by atoms with Crippen LogP contribution in [0, 0.1) is 0 Å². The Kier molecular flexibility index (Phi) is 3.83. The first-order chi connectivity index (χ1) is 8.94. The van der Waals surface area contributed by atoms with Gasteiger partial charge in [0, 0.05) is 19.6 Å². The quantitative estimate of drug-likeness (QED) is 0.699. The molecule has 0 bridgehead atoms. The van der Waals surface area contributed by atoms with Gasteiger partial charge in [-0.15, -0.1) is 5.10 Å². The van der Waals surface area contributed by atoms with E-state index in [-0.39, 0.29) is 24.8 Å². The third-order valence-corrected chi connectivity index (χ3v) is 4.35. The summed E-state index contributed by atoms with van der Waals surface area (Å²) < 4.78 is 28.6. The Morgan fingerprint density at radius 2 is 2.26 bits per heavy atom. The predicted molar refractivity (Wildman–Crippen MR) is 64.8 cm³/mol. The molecule has 1 aromatic heterocycles. The highest BCUT2D eigenvalue weighted by atomic mass is 32.2. The fourth-order valence-corrected chi connectivity index (χ4v) is 3.04. The molecule has 0 radical (unpaired) electrons. The van der Waals surface area contributed by atoms with Crippen LogP contribution in [-0.4, -0.2) is 58.4 Å². The average molecular weight is 289 g/mol. The van der Waals surface area contributed by atoms with Gasteiger partial charge in [0.2, 0.25) is 0 Å². The molecule has 106 valence electrons. The first kappa shape index (κ1) is 13.9. The summed E-state index contributed by atoms with van der Waals surface area (Å²) >= 11 is 0. The van der Waals surface area contributed by atoms with Crippen molar-refractivity contribution in [1.29, 1.82) is 0 Å². The summed E-state index contributed by atoms with van der Waals surface area (Å²) in [5, 5.41) is 15.9. The molecule has 0 aliphatic carbocycles. The SMILES string of the molecule is CCCNS(=O)(=O)N1CC(n2cc(C(=O)O)nn2)C1. The molecule has 2 heterocycles. The third kappa shape index (κ3) is 2.91. The van der Waals surface area contributed by atoms with Crippen molar-refractivity contribution in [3.05, 3.63) is 11.9 Å². The molecular formula is C9H15N5O4S. The van der Waals surface area contributed by atoms with E-state index in [1.165, 1.54) is 15.2 Å². The number of carboxylic acid groups (broad SMARTS) is 1. The molecule has 1 aromatic rings. The average Bonchev–Trinajstić information content (AvgIpc) is 2.73. The first-order valence-corrected chi connectivity index (χ1v) is 7.28. The molecule has 19 heavy (non-hydrogen) atoms. The molecule has 1 aliphatic heterocycles. The molecule has 1 fully saturated rings. The van der Waals surface area contributed by atoms with Crippen LogP contribution < -0.4 is 4.72 Å². The van der Waals surface area contributed by atoms with Crippen LogP contribution in [0.1, 0.15) is 29.9 Å². The molecule has 0 spiro atoms. The molecule has 0 aromatic carbocycles. The summed E-state index contributed by atoms with van der Waals surface area (Å²) in [5.41, 5.74) is -0.148. The van der Waals surface area contributed by atoms with Crippen molar-refractivity contribution in [2.75, 3.05) is 19.6 Å². The number of nitrogens with zero attached hydrogens (tertiary/aromatic N) is 4. The first-order valence-electron chi connectivity index (χ1n) is 5.84. The van der Waals surface area contributed by atoms with Crippen molar-refractivity contribution < 1.29 is 18.3 Å². The lowest BCUT2D eigenvalue weighted by atomic mass is 10.2. The zero-order chi connectivity index (χ0) is 14.0. The van der Waals surface area contributed by atoms with Crippen LogP contribution in [0.5, 0.6) is 0 Å². The summed E-state index contributed by atoms with van der Waals surface area (Å²) in [6, 6.07) is -0.168. The number of nitrogens with one attached hydrogen (secondary N) is 1. The second kappa shape index (κ2) is 5.23. The largest absolute Gasteiger partial charge is 0.476 e. The topological polar surface area (TPSA) is 117 Å². The molecule has 0 atom stereocenters. The number of hydrogen-bond acceptors (Lipinski definition) is 5. The summed E-state index contributed by atoms with van der Waals surface area (Å²) in [4.78, 5) is 10.7. The zero-order valence-corrected chi connectivity index (χ0v) is 11.2. The number of carboxylic acids is 1. The fraction of sp³-hybridized carbons (Fsp3) is 0.667. The minimum atomic E-state index is -3.43. The molecule has 0 saturated carbocycles. The maximum atomic E-state index is 11.7. The fourth-order valence-electron chi connectivity index (χ4n) is 1.66. The van der Waals surface area contributed by atoms with Crippen LogP contribution in [0.15, 0.2) is 6.20 Å². The van der Waals surface area contributed by atoms with Crippen molar-refractivity contribution in [2.45, 2.75) is 19.4 Å². The molecule has 10 heteroatoms. The van der Waals surface area contributed by atoms with Gasteiger partial charge in [0.15, 0.2) is 5.69 Å². The molecule has 2 rings (SSSR count). The molecule has 0 unspecified atom stereocenters. The number of aromatic carboxylic acids is 1. The Balaban J connectivity index is 1.93. The lowest BCUT2D eigenvalue weighted by molar-refractivity contribution is 0.0690. The van der Waals surface area contributed by atoms with E-state index in [0.717, 1.165) is 6.42 Å². The van der Waals surface area contributed by atoms with Gasteiger partial charge < -0.3 is 5.11 Å².